The van der Waals surface area contributed by atoms with Crippen molar-refractivity contribution < 1.29 is 13.2 Å². The van der Waals surface area contributed by atoms with Crippen LogP contribution in [0.4, 0.5) is 0 Å². The molecule has 0 spiro atoms. The summed E-state index contributed by atoms with van der Waals surface area (Å²) in [6, 6.07) is 15.0. The number of benzene rings is 2. The minimum atomic E-state index is -3.98. The summed E-state index contributed by atoms with van der Waals surface area (Å²) in [6.07, 6.45) is -0.418. The van der Waals surface area contributed by atoms with Crippen molar-refractivity contribution in [3.8, 4) is 6.07 Å². The number of hydrogen-bond acceptors (Lipinski definition) is 5. The highest BCUT2D eigenvalue weighted by atomic mass is 35.5. The number of nitrogens with one attached hydrogen (secondary N) is 1. The lowest BCUT2D eigenvalue weighted by atomic mass is 10.0. The van der Waals surface area contributed by atoms with Crippen molar-refractivity contribution in [2.75, 3.05) is 0 Å². The lowest BCUT2D eigenvalue weighted by molar-refractivity contribution is 0.154. The van der Waals surface area contributed by atoms with Crippen LogP contribution in [-0.4, -0.2) is 14.5 Å². The average Bonchev–Trinajstić information content (AvgIpc) is 2.97. The van der Waals surface area contributed by atoms with Crippen LogP contribution in [0.15, 0.2) is 64.2 Å². The highest BCUT2D eigenvalue weighted by Gasteiger charge is 2.36. The normalized spacial score (nSPS) is 21.5. The SMILES string of the molecule is Cc1ccc(S(=O)(=O)/C(C#N)=C2\NC(C)C(c3ccc(Cl)cc3)O2)cc1. The van der Waals surface area contributed by atoms with E-state index < -0.39 is 20.8 Å². The van der Waals surface area contributed by atoms with Gasteiger partial charge in [0.05, 0.1) is 10.9 Å². The molecule has 0 amide bonds. The quantitative estimate of drug-likeness (QED) is 0.807. The molecule has 2 aromatic rings. The molecule has 0 aliphatic carbocycles. The van der Waals surface area contributed by atoms with Crippen LogP contribution in [-0.2, 0) is 14.6 Å². The maximum Gasteiger partial charge on any atom is 0.221 e. The highest BCUT2D eigenvalue weighted by Crippen LogP contribution is 2.33. The van der Waals surface area contributed by atoms with Gasteiger partial charge >= 0.3 is 0 Å². The fourth-order valence-corrected chi connectivity index (χ4v) is 4.07. The minimum Gasteiger partial charge on any atom is -0.467 e. The second-order valence-corrected chi connectivity index (χ2v) is 8.43. The van der Waals surface area contributed by atoms with Crippen molar-refractivity contribution in [3.05, 3.63) is 75.5 Å². The topological polar surface area (TPSA) is 79.2 Å². The van der Waals surface area contributed by atoms with Gasteiger partial charge in [-0.05, 0) is 43.7 Å². The Labute approximate surface area is 157 Å². The third kappa shape index (κ3) is 3.41. The number of ether oxygens (including phenoxy) is 1. The number of hydrogen-bond donors (Lipinski definition) is 1. The molecule has 7 heteroatoms. The number of rotatable bonds is 3. The van der Waals surface area contributed by atoms with Crippen molar-refractivity contribution in [2.24, 2.45) is 0 Å². The molecule has 3 rings (SSSR count). The number of aryl methyl sites for hydroxylation is 1. The highest BCUT2D eigenvalue weighted by molar-refractivity contribution is 7.95. The Kier molecular flexibility index (Phi) is 4.94. The molecule has 1 heterocycles. The minimum absolute atomic E-state index is 0.0273. The lowest BCUT2D eigenvalue weighted by Gasteiger charge is -2.13. The van der Waals surface area contributed by atoms with Crippen LogP contribution in [0.1, 0.15) is 24.2 Å². The first-order valence-corrected chi connectivity index (χ1v) is 9.84. The van der Waals surface area contributed by atoms with Gasteiger partial charge in [-0.25, -0.2) is 8.42 Å². The van der Waals surface area contributed by atoms with Gasteiger partial charge in [0.15, 0.2) is 0 Å². The monoisotopic (exact) mass is 388 g/mol. The molecule has 1 saturated heterocycles. The summed E-state index contributed by atoms with van der Waals surface area (Å²) in [7, 11) is -3.98. The molecule has 2 atom stereocenters. The number of halogens is 1. The first-order chi connectivity index (χ1) is 12.3. The first-order valence-electron chi connectivity index (χ1n) is 7.97. The van der Waals surface area contributed by atoms with Gasteiger partial charge in [-0.1, -0.05) is 41.4 Å². The lowest BCUT2D eigenvalue weighted by Crippen LogP contribution is -2.22. The maximum atomic E-state index is 12.8. The standard InChI is InChI=1S/C19H17ClN2O3S/c1-12-3-9-16(10-4-12)26(23,24)17(11-21)19-22-13(2)18(25-19)14-5-7-15(20)8-6-14/h3-10,13,18,22H,1-2H3/b19-17+. The fourth-order valence-electron chi connectivity index (χ4n) is 2.74. The molecule has 1 N–H and O–H groups in total. The molecule has 1 fully saturated rings. The summed E-state index contributed by atoms with van der Waals surface area (Å²) >= 11 is 5.91. The molecule has 5 nitrogen and oxygen atoms in total. The molecule has 0 bridgehead atoms. The molecular formula is C19H17ClN2O3S. The Balaban J connectivity index is 1.99. The van der Waals surface area contributed by atoms with Crippen LogP contribution in [0, 0.1) is 18.3 Å². The Morgan fingerprint density at radius 1 is 1.15 bits per heavy atom. The van der Waals surface area contributed by atoms with Gasteiger partial charge in [-0.3, -0.25) is 0 Å². The summed E-state index contributed by atoms with van der Waals surface area (Å²) in [5.41, 5.74) is 1.77. The molecule has 2 unspecified atom stereocenters. The van der Waals surface area contributed by atoms with Gasteiger partial charge in [0.1, 0.15) is 12.2 Å². The van der Waals surface area contributed by atoms with E-state index in [0.29, 0.717) is 5.02 Å². The van der Waals surface area contributed by atoms with Crippen molar-refractivity contribution in [2.45, 2.75) is 30.9 Å². The van der Waals surface area contributed by atoms with E-state index in [1.165, 1.54) is 12.1 Å². The van der Waals surface area contributed by atoms with E-state index in [4.69, 9.17) is 16.3 Å². The number of allylic oxidation sites excluding steroid dienone is 1. The van der Waals surface area contributed by atoms with Crippen LogP contribution in [0.3, 0.4) is 0 Å². The second kappa shape index (κ2) is 7.02. The van der Waals surface area contributed by atoms with Gasteiger partial charge in [-0.2, -0.15) is 5.26 Å². The Morgan fingerprint density at radius 2 is 1.77 bits per heavy atom. The zero-order valence-corrected chi connectivity index (χ0v) is 15.8. The Bertz CT molecular complexity index is 991. The van der Waals surface area contributed by atoms with E-state index in [2.05, 4.69) is 5.32 Å². The zero-order valence-electron chi connectivity index (χ0n) is 14.2. The molecule has 1 aliphatic rings. The smallest absolute Gasteiger partial charge is 0.221 e. The van der Waals surface area contributed by atoms with Crippen LogP contribution >= 0.6 is 11.6 Å². The molecule has 134 valence electrons. The van der Waals surface area contributed by atoms with Crippen molar-refractivity contribution >= 4 is 21.4 Å². The van der Waals surface area contributed by atoms with E-state index in [9.17, 15) is 13.7 Å². The van der Waals surface area contributed by atoms with Gasteiger partial charge in [0, 0.05) is 5.02 Å². The molecule has 0 saturated carbocycles. The van der Waals surface area contributed by atoms with Crippen LogP contribution in [0.5, 0.6) is 0 Å². The van der Waals surface area contributed by atoms with Crippen molar-refractivity contribution in [1.82, 2.24) is 5.32 Å². The summed E-state index contributed by atoms with van der Waals surface area (Å²) in [5.74, 6) is -0.0273. The van der Waals surface area contributed by atoms with Crippen molar-refractivity contribution in [1.29, 1.82) is 5.26 Å². The third-order valence-corrected chi connectivity index (χ3v) is 6.12. The predicted octanol–water partition coefficient (Wildman–Crippen LogP) is 3.86. The average molecular weight is 389 g/mol. The van der Waals surface area contributed by atoms with Gasteiger partial charge in [-0.15, -0.1) is 0 Å². The van der Waals surface area contributed by atoms with E-state index in [1.807, 2.05) is 26.0 Å². The molecule has 0 radical (unpaired) electrons. The van der Waals surface area contributed by atoms with Gasteiger partial charge in [0.25, 0.3) is 0 Å². The van der Waals surface area contributed by atoms with Crippen molar-refractivity contribution in [3.63, 3.8) is 0 Å². The van der Waals surface area contributed by atoms with Crippen LogP contribution in [0.25, 0.3) is 0 Å². The molecule has 2 aromatic carbocycles. The van der Waals surface area contributed by atoms with Crippen LogP contribution < -0.4 is 5.32 Å². The first kappa shape index (κ1) is 18.3. The molecule has 0 aromatic heterocycles. The van der Waals surface area contributed by atoms with E-state index in [0.717, 1.165) is 11.1 Å². The maximum absolute atomic E-state index is 12.8. The summed E-state index contributed by atoms with van der Waals surface area (Å²) in [6.45, 7) is 3.72. The zero-order chi connectivity index (χ0) is 18.9. The molecule has 26 heavy (non-hydrogen) atoms. The summed E-state index contributed by atoms with van der Waals surface area (Å²) < 4.78 is 31.5. The van der Waals surface area contributed by atoms with Gasteiger partial charge < -0.3 is 10.1 Å². The number of nitrogens with zero attached hydrogens (tertiary/aromatic N) is 1. The molecular weight excluding hydrogens is 372 g/mol. The second-order valence-electron chi connectivity index (χ2n) is 6.11. The molecule has 1 aliphatic heterocycles. The number of nitriles is 1. The van der Waals surface area contributed by atoms with E-state index in [1.54, 1.807) is 30.3 Å². The Morgan fingerprint density at radius 3 is 2.35 bits per heavy atom. The van der Waals surface area contributed by atoms with Crippen LogP contribution in [0.2, 0.25) is 5.02 Å². The van der Waals surface area contributed by atoms with E-state index >= 15 is 0 Å². The summed E-state index contributed by atoms with van der Waals surface area (Å²) in [4.78, 5) is -0.371. The fraction of sp³-hybridized carbons (Fsp3) is 0.211. The van der Waals surface area contributed by atoms with Gasteiger partial charge in [0.2, 0.25) is 20.6 Å². The Hall–Kier alpha value is -2.49. The number of sulfone groups is 1. The predicted molar refractivity (Wildman–Crippen MR) is 98.9 cm³/mol. The summed E-state index contributed by atoms with van der Waals surface area (Å²) in [5, 5.41) is 13.1. The third-order valence-electron chi connectivity index (χ3n) is 4.16. The largest absolute Gasteiger partial charge is 0.467 e. The van der Waals surface area contributed by atoms with E-state index in [-0.39, 0.29) is 16.8 Å².